The molecule has 18 heavy (non-hydrogen) atoms. The Labute approximate surface area is 107 Å². The molecule has 2 unspecified atom stereocenters. The average molecular weight is 258 g/mol. The summed E-state index contributed by atoms with van der Waals surface area (Å²) in [5, 5.41) is 11.8. The molecule has 0 radical (unpaired) electrons. The quantitative estimate of drug-likeness (QED) is 0.617. The molecule has 2 atom stereocenters. The number of carbonyl (C=O) groups excluding carboxylic acids is 2. The van der Waals surface area contributed by atoms with E-state index in [2.05, 4.69) is 5.32 Å². The molecular formula is C12H22N2O4. The molecule has 6 heteroatoms. The van der Waals surface area contributed by atoms with Crippen molar-refractivity contribution in [3.63, 3.8) is 0 Å². The van der Waals surface area contributed by atoms with Crippen LogP contribution in [0.3, 0.4) is 0 Å². The molecule has 0 aliphatic heterocycles. The Morgan fingerprint density at radius 3 is 2.11 bits per heavy atom. The summed E-state index contributed by atoms with van der Waals surface area (Å²) in [5.41, 5.74) is 3.89. The smallest absolute Gasteiger partial charge is 0.310 e. The fourth-order valence-electron chi connectivity index (χ4n) is 1.54. The SMILES string of the molecule is CC(CC(N)=O)NC(=O)CC(C)(C(=O)O)C(C)C. The minimum Gasteiger partial charge on any atom is -0.481 e. The Bertz CT molecular complexity index is 341. The van der Waals surface area contributed by atoms with Gasteiger partial charge in [0.1, 0.15) is 0 Å². The third-order valence-corrected chi connectivity index (χ3v) is 3.21. The van der Waals surface area contributed by atoms with Crippen LogP contribution in [0.1, 0.15) is 40.5 Å². The molecule has 104 valence electrons. The van der Waals surface area contributed by atoms with Crippen LogP contribution in [-0.4, -0.2) is 28.9 Å². The van der Waals surface area contributed by atoms with Crippen LogP contribution in [0.2, 0.25) is 0 Å². The number of carboxylic acid groups (broad SMARTS) is 1. The summed E-state index contributed by atoms with van der Waals surface area (Å²) in [7, 11) is 0. The number of hydrogen-bond donors (Lipinski definition) is 3. The van der Waals surface area contributed by atoms with E-state index in [0.717, 1.165) is 0 Å². The monoisotopic (exact) mass is 258 g/mol. The fraction of sp³-hybridized carbons (Fsp3) is 0.750. The number of aliphatic carboxylic acids is 1. The lowest BCUT2D eigenvalue weighted by Crippen LogP contribution is -2.42. The van der Waals surface area contributed by atoms with Crippen molar-refractivity contribution in [1.29, 1.82) is 0 Å². The van der Waals surface area contributed by atoms with Gasteiger partial charge >= 0.3 is 5.97 Å². The molecule has 4 N–H and O–H groups in total. The average Bonchev–Trinajstić information content (AvgIpc) is 2.14. The van der Waals surface area contributed by atoms with Crippen LogP contribution >= 0.6 is 0 Å². The summed E-state index contributed by atoms with van der Waals surface area (Å²) in [4.78, 5) is 33.6. The second-order valence-corrected chi connectivity index (χ2v) is 5.19. The fourth-order valence-corrected chi connectivity index (χ4v) is 1.54. The summed E-state index contributed by atoms with van der Waals surface area (Å²) >= 11 is 0. The lowest BCUT2D eigenvalue weighted by Gasteiger charge is -2.28. The van der Waals surface area contributed by atoms with Crippen molar-refractivity contribution in [1.82, 2.24) is 5.32 Å². The first kappa shape index (κ1) is 16.4. The first-order valence-corrected chi connectivity index (χ1v) is 5.90. The number of nitrogens with two attached hydrogens (primary N) is 1. The van der Waals surface area contributed by atoms with E-state index in [1.54, 1.807) is 27.7 Å². The molecule has 0 aromatic heterocycles. The zero-order valence-electron chi connectivity index (χ0n) is 11.3. The van der Waals surface area contributed by atoms with Crippen LogP contribution in [-0.2, 0) is 14.4 Å². The van der Waals surface area contributed by atoms with E-state index in [9.17, 15) is 19.5 Å². The molecule has 0 spiro atoms. The van der Waals surface area contributed by atoms with E-state index in [1.165, 1.54) is 0 Å². The van der Waals surface area contributed by atoms with Gasteiger partial charge in [0, 0.05) is 18.9 Å². The normalized spacial score (nSPS) is 15.8. The second-order valence-electron chi connectivity index (χ2n) is 5.19. The Kier molecular flexibility index (Phi) is 5.81. The highest BCUT2D eigenvalue weighted by atomic mass is 16.4. The summed E-state index contributed by atoms with van der Waals surface area (Å²) in [6.45, 7) is 6.71. The van der Waals surface area contributed by atoms with E-state index in [4.69, 9.17) is 5.73 Å². The molecule has 0 aliphatic rings. The highest BCUT2D eigenvalue weighted by Crippen LogP contribution is 2.31. The zero-order chi connectivity index (χ0) is 14.5. The Hall–Kier alpha value is -1.59. The number of carboxylic acids is 1. The Morgan fingerprint density at radius 2 is 1.78 bits per heavy atom. The van der Waals surface area contributed by atoms with Gasteiger partial charge in [-0.15, -0.1) is 0 Å². The van der Waals surface area contributed by atoms with E-state index >= 15 is 0 Å². The molecule has 0 heterocycles. The molecular weight excluding hydrogens is 236 g/mol. The third kappa shape index (κ3) is 4.73. The number of nitrogens with one attached hydrogen (secondary N) is 1. The van der Waals surface area contributed by atoms with Crippen molar-refractivity contribution in [3.8, 4) is 0 Å². The van der Waals surface area contributed by atoms with Crippen LogP contribution in [0, 0.1) is 11.3 Å². The Balaban J connectivity index is 4.54. The van der Waals surface area contributed by atoms with Crippen molar-refractivity contribution in [3.05, 3.63) is 0 Å². The molecule has 0 aromatic carbocycles. The number of rotatable bonds is 7. The van der Waals surface area contributed by atoms with Gasteiger partial charge < -0.3 is 16.2 Å². The zero-order valence-corrected chi connectivity index (χ0v) is 11.3. The number of carbonyl (C=O) groups is 3. The van der Waals surface area contributed by atoms with Gasteiger partial charge in [-0.1, -0.05) is 13.8 Å². The molecule has 6 nitrogen and oxygen atoms in total. The van der Waals surface area contributed by atoms with Gasteiger partial charge in [0.25, 0.3) is 0 Å². The standard InChI is InChI=1S/C12H22N2O4/c1-7(2)12(4,11(17)18)6-10(16)14-8(3)5-9(13)15/h7-8H,5-6H2,1-4H3,(H2,13,15)(H,14,16)(H,17,18). The highest BCUT2D eigenvalue weighted by molar-refractivity contribution is 5.85. The minimum absolute atomic E-state index is 0.0389. The predicted octanol–water partition coefficient (Wildman–Crippen LogP) is 0.503. The minimum atomic E-state index is -1.11. The molecule has 0 rings (SSSR count). The maximum atomic E-state index is 11.7. The number of primary amides is 1. The maximum absolute atomic E-state index is 11.7. The number of amides is 2. The molecule has 0 fully saturated rings. The summed E-state index contributed by atoms with van der Waals surface area (Å²) in [5.74, 6) is -2.07. The van der Waals surface area contributed by atoms with Gasteiger partial charge in [0.2, 0.25) is 11.8 Å². The largest absolute Gasteiger partial charge is 0.481 e. The number of hydrogen-bond acceptors (Lipinski definition) is 3. The summed E-state index contributed by atoms with van der Waals surface area (Å²) in [6, 6.07) is -0.389. The van der Waals surface area contributed by atoms with Gasteiger partial charge in [0.15, 0.2) is 0 Å². The van der Waals surface area contributed by atoms with Crippen LogP contribution in [0.4, 0.5) is 0 Å². The topological polar surface area (TPSA) is 109 Å². The van der Waals surface area contributed by atoms with Gasteiger partial charge in [0.05, 0.1) is 5.41 Å². The van der Waals surface area contributed by atoms with Crippen molar-refractivity contribution < 1.29 is 19.5 Å². The van der Waals surface area contributed by atoms with Crippen LogP contribution < -0.4 is 11.1 Å². The van der Waals surface area contributed by atoms with Crippen molar-refractivity contribution in [2.45, 2.75) is 46.6 Å². The molecule has 0 aromatic rings. The van der Waals surface area contributed by atoms with E-state index in [1.807, 2.05) is 0 Å². The first-order valence-electron chi connectivity index (χ1n) is 5.90. The van der Waals surface area contributed by atoms with Crippen LogP contribution in [0.25, 0.3) is 0 Å². The summed E-state index contributed by atoms with van der Waals surface area (Å²) in [6.07, 6.45) is -0.0830. The van der Waals surface area contributed by atoms with E-state index < -0.39 is 17.3 Å². The van der Waals surface area contributed by atoms with Crippen molar-refractivity contribution in [2.75, 3.05) is 0 Å². The first-order chi connectivity index (χ1) is 8.09. The Morgan fingerprint density at radius 1 is 1.28 bits per heavy atom. The van der Waals surface area contributed by atoms with Crippen molar-refractivity contribution >= 4 is 17.8 Å². The lowest BCUT2D eigenvalue weighted by atomic mass is 9.76. The van der Waals surface area contributed by atoms with E-state index in [-0.39, 0.29) is 30.7 Å². The van der Waals surface area contributed by atoms with Gasteiger partial charge in [-0.05, 0) is 19.8 Å². The molecule has 0 saturated heterocycles. The van der Waals surface area contributed by atoms with Crippen LogP contribution in [0.5, 0.6) is 0 Å². The molecule has 0 saturated carbocycles. The summed E-state index contributed by atoms with van der Waals surface area (Å²) < 4.78 is 0. The molecule has 0 aliphatic carbocycles. The maximum Gasteiger partial charge on any atom is 0.310 e. The third-order valence-electron chi connectivity index (χ3n) is 3.21. The molecule has 2 amide bonds. The highest BCUT2D eigenvalue weighted by Gasteiger charge is 2.38. The second kappa shape index (κ2) is 6.37. The molecule has 0 bridgehead atoms. The van der Waals surface area contributed by atoms with Crippen molar-refractivity contribution in [2.24, 2.45) is 17.1 Å². The van der Waals surface area contributed by atoms with Crippen LogP contribution in [0.15, 0.2) is 0 Å². The lowest BCUT2D eigenvalue weighted by molar-refractivity contribution is -0.153. The van der Waals surface area contributed by atoms with Gasteiger partial charge in [-0.25, -0.2) is 0 Å². The predicted molar refractivity (Wildman–Crippen MR) is 66.6 cm³/mol. The van der Waals surface area contributed by atoms with Gasteiger partial charge in [-0.3, -0.25) is 14.4 Å². The van der Waals surface area contributed by atoms with Gasteiger partial charge in [-0.2, -0.15) is 0 Å². The van der Waals surface area contributed by atoms with E-state index in [0.29, 0.717) is 0 Å².